The fraction of sp³-hybridized carbons (Fsp3) is 0.280. The lowest BCUT2D eigenvalue weighted by molar-refractivity contribution is -0.130. The highest BCUT2D eigenvalue weighted by Gasteiger charge is 2.26. The zero-order valence-electron chi connectivity index (χ0n) is 19.4. The third-order valence-electron chi connectivity index (χ3n) is 5.47. The molecule has 34 heavy (non-hydrogen) atoms. The lowest BCUT2D eigenvalue weighted by Gasteiger charge is -2.17. The Kier molecular flexibility index (Phi) is 6.52. The summed E-state index contributed by atoms with van der Waals surface area (Å²) < 4.78 is 21.9. The Morgan fingerprint density at radius 1 is 1.26 bits per heavy atom. The Balaban J connectivity index is 1.65. The molecule has 0 radical (unpaired) electrons. The zero-order chi connectivity index (χ0) is 24.5. The topological polar surface area (TPSA) is 81.9 Å². The van der Waals surface area contributed by atoms with E-state index in [0.717, 1.165) is 27.9 Å². The quantitative estimate of drug-likeness (QED) is 0.404. The van der Waals surface area contributed by atoms with E-state index in [0.29, 0.717) is 21.9 Å². The van der Waals surface area contributed by atoms with Crippen molar-refractivity contribution in [2.45, 2.75) is 39.6 Å². The Morgan fingerprint density at radius 3 is 2.76 bits per heavy atom. The van der Waals surface area contributed by atoms with Crippen LogP contribution in [0.1, 0.15) is 30.7 Å². The minimum absolute atomic E-state index is 0.0793. The van der Waals surface area contributed by atoms with Crippen LogP contribution < -0.4 is 10.1 Å². The van der Waals surface area contributed by atoms with E-state index in [-0.39, 0.29) is 13.2 Å². The first-order chi connectivity index (χ1) is 16.1. The van der Waals surface area contributed by atoms with E-state index in [9.17, 15) is 9.18 Å². The average Bonchev–Trinajstić information content (AvgIpc) is 3.21. The smallest absolute Gasteiger partial charge is 0.257 e. The molecule has 0 saturated heterocycles. The van der Waals surface area contributed by atoms with Gasteiger partial charge in [-0.3, -0.25) is 14.5 Å². The van der Waals surface area contributed by atoms with Crippen LogP contribution in [0.15, 0.2) is 48.9 Å². The first-order valence-corrected chi connectivity index (χ1v) is 11.1. The van der Waals surface area contributed by atoms with Gasteiger partial charge in [-0.2, -0.15) is 5.10 Å². The predicted molar refractivity (Wildman–Crippen MR) is 129 cm³/mol. The van der Waals surface area contributed by atoms with Crippen molar-refractivity contribution in [3.05, 3.63) is 70.8 Å². The minimum atomic E-state index is -1.99. The molecule has 0 saturated carbocycles. The summed E-state index contributed by atoms with van der Waals surface area (Å²) in [5.41, 5.74) is 2.86. The SMILES string of the molecule is Cc1cc(-c2ccnn2C)c2cccc(OCc3c(Cl)cncc3CNC(=O)C(C)(C)F)c2n1. The summed E-state index contributed by atoms with van der Waals surface area (Å²) in [7, 11) is 1.90. The molecule has 0 aliphatic rings. The second kappa shape index (κ2) is 9.38. The number of halogens is 2. The number of amides is 1. The molecule has 0 aliphatic heterocycles. The normalized spacial score (nSPS) is 11.6. The van der Waals surface area contributed by atoms with Gasteiger partial charge < -0.3 is 10.1 Å². The fourth-order valence-corrected chi connectivity index (χ4v) is 3.90. The molecule has 7 nitrogen and oxygen atoms in total. The Hall–Kier alpha value is -3.52. The summed E-state index contributed by atoms with van der Waals surface area (Å²) in [6, 6.07) is 9.74. The molecule has 1 aromatic carbocycles. The fourth-order valence-electron chi connectivity index (χ4n) is 3.67. The summed E-state index contributed by atoms with van der Waals surface area (Å²) in [5, 5.41) is 8.19. The lowest BCUT2D eigenvalue weighted by Crippen LogP contribution is -2.38. The molecule has 176 valence electrons. The van der Waals surface area contributed by atoms with Crippen molar-refractivity contribution < 1.29 is 13.9 Å². The summed E-state index contributed by atoms with van der Waals surface area (Å²) in [4.78, 5) is 20.8. The number of para-hydroxylation sites is 1. The van der Waals surface area contributed by atoms with Gasteiger partial charge in [-0.05, 0) is 44.5 Å². The number of alkyl halides is 1. The molecule has 0 unspecified atom stereocenters. The van der Waals surface area contributed by atoms with Crippen LogP contribution in [-0.4, -0.2) is 31.3 Å². The minimum Gasteiger partial charge on any atom is -0.487 e. The van der Waals surface area contributed by atoms with Gasteiger partial charge in [-0.25, -0.2) is 9.37 Å². The molecule has 0 bridgehead atoms. The molecule has 0 aliphatic carbocycles. The molecule has 9 heteroatoms. The molecular formula is C25H25ClFN5O2. The second-order valence-corrected chi connectivity index (χ2v) is 8.91. The number of benzene rings is 1. The number of carbonyl (C=O) groups excluding carboxylic acids is 1. The van der Waals surface area contributed by atoms with Crippen molar-refractivity contribution in [2.24, 2.45) is 7.05 Å². The third-order valence-corrected chi connectivity index (χ3v) is 5.80. The molecule has 4 rings (SSSR count). The highest BCUT2D eigenvalue weighted by atomic mass is 35.5. The number of ether oxygens (including phenoxy) is 1. The number of hydrogen-bond donors (Lipinski definition) is 1. The van der Waals surface area contributed by atoms with Crippen molar-refractivity contribution in [1.29, 1.82) is 0 Å². The highest BCUT2D eigenvalue weighted by molar-refractivity contribution is 6.31. The third kappa shape index (κ3) is 4.87. The number of nitrogens with one attached hydrogen (secondary N) is 1. The molecule has 3 aromatic heterocycles. The summed E-state index contributed by atoms with van der Waals surface area (Å²) in [6.07, 6.45) is 4.85. The average molecular weight is 482 g/mol. The Morgan fingerprint density at radius 2 is 2.06 bits per heavy atom. The van der Waals surface area contributed by atoms with Gasteiger partial charge in [0, 0.05) is 54.4 Å². The van der Waals surface area contributed by atoms with Gasteiger partial charge in [0.2, 0.25) is 0 Å². The van der Waals surface area contributed by atoms with E-state index in [1.807, 2.05) is 49.0 Å². The lowest BCUT2D eigenvalue weighted by atomic mass is 10.0. The van der Waals surface area contributed by atoms with Crippen molar-refractivity contribution in [2.75, 3.05) is 0 Å². The van der Waals surface area contributed by atoms with Crippen LogP contribution in [0.25, 0.3) is 22.2 Å². The standard InChI is InChI=1S/C25H25ClFN5O2/c1-15-10-18(21-8-9-30-32(21)4)17-6-5-7-22(23(17)31-15)34-14-19-16(11-28-13-20(19)26)12-29-24(33)25(2,3)27/h5-11,13H,12,14H2,1-4H3,(H,29,33). The summed E-state index contributed by atoms with van der Waals surface area (Å²) in [5.74, 6) is -0.117. The maximum absolute atomic E-state index is 13.9. The van der Waals surface area contributed by atoms with Gasteiger partial charge in [0.05, 0.1) is 10.7 Å². The van der Waals surface area contributed by atoms with Crippen molar-refractivity contribution in [3.8, 4) is 17.0 Å². The molecule has 1 amide bonds. The van der Waals surface area contributed by atoms with Crippen molar-refractivity contribution >= 4 is 28.4 Å². The number of nitrogens with zero attached hydrogens (tertiary/aromatic N) is 4. The van der Waals surface area contributed by atoms with Crippen LogP contribution >= 0.6 is 11.6 Å². The van der Waals surface area contributed by atoms with E-state index in [1.165, 1.54) is 20.0 Å². The van der Waals surface area contributed by atoms with Gasteiger partial charge in [0.15, 0.2) is 5.67 Å². The van der Waals surface area contributed by atoms with Gasteiger partial charge in [-0.1, -0.05) is 23.7 Å². The van der Waals surface area contributed by atoms with E-state index >= 15 is 0 Å². The molecule has 1 N–H and O–H groups in total. The molecule has 0 spiro atoms. The summed E-state index contributed by atoms with van der Waals surface area (Å²) >= 11 is 6.40. The van der Waals surface area contributed by atoms with Crippen LogP contribution in [0.5, 0.6) is 5.75 Å². The first kappa shape index (κ1) is 23.6. The van der Waals surface area contributed by atoms with Crippen molar-refractivity contribution in [1.82, 2.24) is 25.1 Å². The number of fused-ring (bicyclic) bond motifs is 1. The van der Waals surface area contributed by atoms with E-state index in [2.05, 4.69) is 15.4 Å². The molecular weight excluding hydrogens is 457 g/mol. The van der Waals surface area contributed by atoms with Crippen LogP contribution in [0.2, 0.25) is 5.02 Å². The predicted octanol–water partition coefficient (Wildman–Crippen LogP) is 4.94. The Labute approximate surface area is 201 Å². The van der Waals surface area contributed by atoms with E-state index in [1.54, 1.807) is 12.4 Å². The van der Waals surface area contributed by atoms with Gasteiger partial charge in [0.1, 0.15) is 17.9 Å². The second-order valence-electron chi connectivity index (χ2n) is 8.51. The van der Waals surface area contributed by atoms with E-state index in [4.69, 9.17) is 21.3 Å². The number of aryl methyl sites for hydroxylation is 2. The summed E-state index contributed by atoms with van der Waals surface area (Å²) in [6.45, 7) is 4.55. The van der Waals surface area contributed by atoms with Gasteiger partial charge >= 0.3 is 0 Å². The number of carbonyl (C=O) groups is 1. The Bertz CT molecular complexity index is 1360. The maximum atomic E-state index is 13.9. The molecule has 3 heterocycles. The van der Waals surface area contributed by atoms with E-state index < -0.39 is 11.6 Å². The highest BCUT2D eigenvalue weighted by Crippen LogP contribution is 2.33. The number of aromatic nitrogens is 4. The van der Waals surface area contributed by atoms with Gasteiger partial charge in [0.25, 0.3) is 5.91 Å². The number of rotatable bonds is 7. The number of pyridine rings is 2. The zero-order valence-corrected chi connectivity index (χ0v) is 20.2. The largest absolute Gasteiger partial charge is 0.487 e. The van der Waals surface area contributed by atoms with Crippen LogP contribution in [0.3, 0.4) is 0 Å². The first-order valence-electron chi connectivity index (χ1n) is 10.7. The molecule has 4 aromatic rings. The maximum Gasteiger partial charge on any atom is 0.257 e. The van der Waals surface area contributed by atoms with Crippen LogP contribution in [0.4, 0.5) is 4.39 Å². The molecule has 0 fully saturated rings. The van der Waals surface area contributed by atoms with Crippen molar-refractivity contribution in [3.63, 3.8) is 0 Å². The van der Waals surface area contributed by atoms with Crippen LogP contribution in [0, 0.1) is 6.92 Å². The number of hydrogen-bond acceptors (Lipinski definition) is 5. The van der Waals surface area contributed by atoms with Crippen LogP contribution in [-0.2, 0) is 25.0 Å². The monoisotopic (exact) mass is 481 g/mol. The van der Waals surface area contributed by atoms with Gasteiger partial charge in [-0.15, -0.1) is 0 Å². The molecule has 0 atom stereocenters.